The lowest BCUT2D eigenvalue weighted by atomic mass is 10.2. The molecule has 1 saturated heterocycles. The molecule has 1 aliphatic heterocycles. The molecular weight excluding hydrogens is 141 g/mol. The van der Waals surface area contributed by atoms with Crippen molar-refractivity contribution in [1.82, 2.24) is 5.32 Å². The first-order valence-electron chi connectivity index (χ1n) is 2.91. The van der Waals surface area contributed by atoms with Crippen LogP contribution in [0, 0.1) is 0 Å². The van der Waals surface area contributed by atoms with E-state index in [4.69, 9.17) is 10.2 Å². The van der Waals surface area contributed by atoms with Crippen molar-refractivity contribution in [2.24, 2.45) is 0 Å². The van der Waals surface area contributed by atoms with E-state index < -0.39 is 24.3 Å². The van der Waals surface area contributed by atoms with E-state index in [1.54, 1.807) is 0 Å². The number of hydrogen-bond donors (Lipinski definition) is 3. The lowest BCUT2D eigenvalue weighted by Crippen LogP contribution is -2.37. The first-order valence-corrected chi connectivity index (χ1v) is 2.91. The predicted molar refractivity (Wildman–Crippen MR) is 30.3 cm³/mol. The second-order valence-electron chi connectivity index (χ2n) is 2.24. The van der Waals surface area contributed by atoms with E-state index in [9.17, 15) is 9.18 Å². The van der Waals surface area contributed by atoms with Crippen LogP contribution in [0.4, 0.5) is 4.39 Å². The van der Waals surface area contributed by atoms with E-state index in [1.165, 1.54) is 0 Å². The summed E-state index contributed by atoms with van der Waals surface area (Å²) < 4.78 is 12.5. The molecule has 1 rings (SSSR count). The van der Waals surface area contributed by atoms with Gasteiger partial charge in [0.15, 0.2) is 6.17 Å². The van der Waals surface area contributed by atoms with Crippen molar-refractivity contribution in [2.45, 2.75) is 18.3 Å². The monoisotopic (exact) mass is 149 g/mol. The fourth-order valence-electron chi connectivity index (χ4n) is 0.919. The van der Waals surface area contributed by atoms with Crippen LogP contribution in [0.2, 0.25) is 0 Å². The van der Waals surface area contributed by atoms with Crippen LogP contribution in [0.3, 0.4) is 0 Å². The van der Waals surface area contributed by atoms with Crippen molar-refractivity contribution in [2.75, 3.05) is 6.54 Å². The first-order chi connectivity index (χ1) is 4.63. The fourth-order valence-corrected chi connectivity index (χ4v) is 0.919. The number of aliphatic carboxylic acids is 1. The Hall–Kier alpha value is -0.680. The van der Waals surface area contributed by atoms with E-state index >= 15 is 0 Å². The number of β-amino-alcohol motifs (C(OH)–C–C–N with tert-alkyl or cyclic N) is 1. The quantitative estimate of drug-likeness (QED) is 0.435. The lowest BCUT2D eigenvalue weighted by molar-refractivity contribution is -0.140. The normalized spacial score (nSPS) is 40.0. The number of nitrogens with one attached hydrogen (secondary N) is 1. The smallest absolute Gasteiger partial charge is 0.323 e. The van der Waals surface area contributed by atoms with Gasteiger partial charge in [0.1, 0.15) is 6.04 Å². The topological polar surface area (TPSA) is 69.6 Å². The van der Waals surface area contributed by atoms with Gasteiger partial charge in [0, 0.05) is 6.54 Å². The number of carboxylic acid groups (broad SMARTS) is 1. The van der Waals surface area contributed by atoms with Gasteiger partial charge in [0.25, 0.3) is 0 Å². The van der Waals surface area contributed by atoms with Crippen molar-refractivity contribution in [1.29, 1.82) is 0 Å². The second kappa shape index (κ2) is 2.51. The summed E-state index contributed by atoms with van der Waals surface area (Å²) in [5.41, 5.74) is 0. The van der Waals surface area contributed by atoms with Gasteiger partial charge in [-0.2, -0.15) is 0 Å². The number of aliphatic hydroxyl groups is 1. The van der Waals surface area contributed by atoms with E-state index in [1.807, 2.05) is 0 Å². The summed E-state index contributed by atoms with van der Waals surface area (Å²) in [7, 11) is 0. The summed E-state index contributed by atoms with van der Waals surface area (Å²) >= 11 is 0. The Balaban J connectivity index is 2.57. The molecule has 1 aliphatic rings. The number of carbonyl (C=O) groups is 1. The zero-order valence-corrected chi connectivity index (χ0v) is 5.12. The maximum atomic E-state index is 12.5. The minimum atomic E-state index is -1.68. The molecule has 0 amide bonds. The van der Waals surface area contributed by atoms with Crippen molar-refractivity contribution in [3.8, 4) is 0 Å². The highest BCUT2D eigenvalue weighted by Crippen LogP contribution is 2.11. The summed E-state index contributed by atoms with van der Waals surface area (Å²) in [6.07, 6.45) is -2.86. The molecule has 58 valence electrons. The Morgan fingerprint density at radius 3 is 2.50 bits per heavy atom. The summed E-state index contributed by atoms with van der Waals surface area (Å²) in [5, 5.41) is 19.3. The Bertz CT molecular complexity index is 152. The molecule has 0 aromatic carbocycles. The van der Waals surface area contributed by atoms with Crippen molar-refractivity contribution >= 4 is 5.97 Å². The molecule has 5 heteroatoms. The SMILES string of the molecule is O=C(O)[C@H]1NC[C@H](O)[C@H]1F. The fraction of sp³-hybridized carbons (Fsp3) is 0.800. The molecule has 0 bridgehead atoms. The van der Waals surface area contributed by atoms with Gasteiger partial charge in [-0.1, -0.05) is 0 Å². The molecule has 4 nitrogen and oxygen atoms in total. The summed E-state index contributed by atoms with van der Waals surface area (Å²) in [5.74, 6) is -1.26. The molecule has 1 heterocycles. The molecule has 0 aliphatic carbocycles. The average Bonchev–Trinajstić information content (AvgIpc) is 2.14. The van der Waals surface area contributed by atoms with Crippen LogP contribution in [-0.2, 0) is 4.79 Å². The summed E-state index contributed by atoms with van der Waals surface area (Å²) in [6.45, 7) is 0.0120. The summed E-state index contributed by atoms with van der Waals surface area (Å²) in [6, 6.07) is -1.24. The highest BCUT2D eigenvalue weighted by molar-refractivity contribution is 5.74. The molecule has 0 spiro atoms. The highest BCUT2D eigenvalue weighted by atomic mass is 19.1. The number of hydrogen-bond acceptors (Lipinski definition) is 3. The first kappa shape index (κ1) is 7.43. The number of aliphatic hydroxyl groups excluding tert-OH is 1. The van der Waals surface area contributed by atoms with Crippen LogP contribution in [-0.4, -0.2) is 41.0 Å². The van der Waals surface area contributed by atoms with Gasteiger partial charge in [-0.15, -0.1) is 0 Å². The van der Waals surface area contributed by atoms with E-state index in [-0.39, 0.29) is 6.54 Å². The molecule has 10 heavy (non-hydrogen) atoms. The lowest BCUT2D eigenvalue weighted by Gasteiger charge is -2.07. The van der Waals surface area contributed by atoms with Crippen molar-refractivity contribution in [3.05, 3.63) is 0 Å². The molecule has 0 aromatic rings. The zero-order valence-electron chi connectivity index (χ0n) is 5.12. The van der Waals surface area contributed by atoms with Crippen LogP contribution in [0.25, 0.3) is 0 Å². The van der Waals surface area contributed by atoms with Gasteiger partial charge in [-0.3, -0.25) is 10.1 Å². The van der Waals surface area contributed by atoms with Crippen molar-refractivity contribution in [3.63, 3.8) is 0 Å². The van der Waals surface area contributed by atoms with Crippen LogP contribution in [0.1, 0.15) is 0 Å². The third-order valence-electron chi connectivity index (χ3n) is 1.50. The Morgan fingerprint density at radius 2 is 2.30 bits per heavy atom. The van der Waals surface area contributed by atoms with Gasteiger partial charge in [-0.05, 0) is 0 Å². The molecule has 0 aromatic heterocycles. The molecule has 0 saturated carbocycles. The van der Waals surface area contributed by atoms with Crippen LogP contribution < -0.4 is 5.32 Å². The summed E-state index contributed by atoms with van der Waals surface area (Å²) in [4.78, 5) is 10.1. The molecular formula is C5H8FNO3. The molecule has 3 N–H and O–H groups in total. The number of alkyl halides is 1. The van der Waals surface area contributed by atoms with Gasteiger partial charge in [0.2, 0.25) is 0 Å². The van der Waals surface area contributed by atoms with E-state index in [0.29, 0.717) is 0 Å². The second-order valence-corrected chi connectivity index (χ2v) is 2.24. The Kier molecular flexibility index (Phi) is 1.87. The molecule has 0 unspecified atom stereocenters. The standard InChI is InChI=1S/C5H8FNO3/c6-3-2(8)1-7-4(3)5(9)10/h2-4,7-8H,1H2,(H,9,10)/t2-,3+,4-/m0/s1. The van der Waals surface area contributed by atoms with E-state index in [0.717, 1.165) is 0 Å². The molecule has 1 fully saturated rings. The van der Waals surface area contributed by atoms with E-state index in [2.05, 4.69) is 5.32 Å². The zero-order chi connectivity index (χ0) is 7.72. The van der Waals surface area contributed by atoms with Gasteiger partial charge >= 0.3 is 5.97 Å². The third-order valence-corrected chi connectivity index (χ3v) is 1.50. The predicted octanol–water partition coefficient (Wildman–Crippen LogP) is -1.26. The van der Waals surface area contributed by atoms with Gasteiger partial charge < -0.3 is 10.2 Å². The maximum Gasteiger partial charge on any atom is 0.323 e. The third kappa shape index (κ3) is 1.10. The molecule has 3 atom stereocenters. The van der Waals surface area contributed by atoms with Crippen LogP contribution in [0.5, 0.6) is 0 Å². The van der Waals surface area contributed by atoms with Gasteiger partial charge in [-0.25, -0.2) is 4.39 Å². The maximum absolute atomic E-state index is 12.5. The Morgan fingerprint density at radius 1 is 1.70 bits per heavy atom. The average molecular weight is 149 g/mol. The van der Waals surface area contributed by atoms with Crippen molar-refractivity contribution < 1.29 is 19.4 Å². The minimum absolute atomic E-state index is 0.0120. The van der Waals surface area contributed by atoms with Crippen LogP contribution >= 0.6 is 0 Å². The number of halogens is 1. The number of rotatable bonds is 1. The van der Waals surface area contributed by atoms with Gasteiger partial charge in [0.05, 0.1) is 6.10 Å². The molecule has 0 radical (unpaired) electrons. The van der Waals surface area contributed by atoms with Crippen LogP contribution in [0.15, 0.2) is 0 Å². The largest absolute Gasteiger partial charge is 0.480 e. The Labute approximate surface area is 56.7 Å². The minimum Gasteiger partial charge on any atom is -0.480 e. The number of carboxylic acids is 1. The highest BCUT2D eigenvalue weighted by Gasteiger charge is 2.39.